The van der Waals surface area contributed by atoms with Gasteiger partial charge in [-0.05, 0) is 55.5 Å². The molecule has 0 aliphatic rings. The molecule has 0 spiro atoms. The first-order chi connectivity index (χ1) is 16.8. The van der Waals surface area contributed by atoms with Gasteiger partial charge in [-0.3, -0.25) is 19.2 Å². The van der Waals surface area contributed by atoms with E-state index >= 15 is 0 Å². The zero-order valence-corrected chi connectivity index (χ0v) is 21.5. The average molecular weight is 500 g/mol. The molecule has 0 aliphatic heterocycles. The van der Waals surface area contributed by atoms with E-state index in [2.05, 4.69) is 23.3 Å². The van der Waals surface area contributed by atoms with E-state index in [0.29, 0.717) is 32.2 Å². The zero-order valence-electron chi connectivity index (χ0n) is 20.6. The topological polar surface area (TPSA) is 118 Å². The van der Waals surface area contributed by atoms with Crippen LogP contribution in [0.25, 0.3) is 10.8 Å². The summed E-state index contributed by atoms with van der Waals surface area (Å²) in [6, 6.07) is 12.7. The summed E-state index contributed by atoms with van der Waals surface area (Å²) in [6.45, 7) is 3.53. The van der Waals surface area contributed by atoms with Crippen molar-refractivity contribution in [2.24, 2.45) is 11.7 Å². The number of ketones is 2. The van der Waals surface area contributed by atoms with Crippen LogP contribution in [0.2, 0.25) is 0 Å². The van der Waals surface area contributed by atoms with Crippen LogP contribution < -0.4 is 16.4 Å². The molecule has 2 aromatic carbocycles. The van der Waals surface area contributed by atoms with Crippen molar-refractivity contribution in [2.45, 2.75) is 64.5 Å². The highest BCUT2D eigenvalue weighted by Gasteiger charge is 2.27. The monoisotopic (exact) mass is 499 g/mol. The Kier molecular flexibility index (Phi) is 11.9. The first-order valence-electron chi connectivity index (χ1n) is 12.2. The number of rotatable bonds is 15. The maximum atomic E-state index is 12.8. The number of benzene rings is 2. The maximum Gasteiger partial charge on any atom is 0.224 e. The highest BCUT2D eigenvalue weighted by Crippen LogP contribution is 2.20. The lowest BCUT2D eigenvalue weighted by Crippen LogP contribution is -2.45. The molecule has 0 heterocycles. The van der Waals surface area contributed by atoms with Crippen molar-refractivity contribution in [2.75, 3.05) is 12.3 Å². The molecule has 2 aromatic rings. The van der Waals surface area contributed by atoms with E-state index in [9.17, 15) is 19.2 Å². The minimum atomic E-state index is -0.690. The number of nitrogens with one attached hydrogen (secondary N) is 2. The smallest absolute Gasteiger partial charge is 0.224 e. The second kappa shape index (κ2) is 14.6. The van der Waals surface area contributed by atoms with Crippen molar-refractivity contribution < 1.29 is 19.2 Å². The Hall–Kier alpha value is -2.71. The number of carbonyl (C=O) groups excluding carboxylic acids is 4. The van der Waals surface area contributed by atoms with Crippen molar-refractivity contribution in [1.29, 1.82) is 0 Å². The lowest BCUT2D eigenvalue weighted by atomic mass is 9.95. The summed E-state index contributed by atoms with van der Waals surface area (Å²) in [5.74, 6) is -1.51. The number of hydrogen-bond donors (Lipinski definition) is 4. The van der Waals surface area contributed by atoms with Crippen LogP contribution in [0, 0.1) is 5.92 Å². The number of aryl methyl sites for hydroxylation is 1. The molecule has 190 valence electrons. The average Bonchev–Trinajstić information content (AvgIpc) is 2.84. The summed E-state index contributed by atoms with van der Waals surface area (Å²) < 4.78 is 0. The van der Waals surface area contributed by atoms with E-state index in [-0.39, 0.29) is 35.6 Å². The Bertz CT molecular complexity index is 1020. The van der Waals surface area contributed by atoms with Crippen LogP contribution in [0.4, 0.5) is 0 Å². The van der Waals surface area contributed by atoms with Gasteiger partial charge >= 0.3 is 0 Å². The van der Waals surface area contributed by atoms with E-state index in [4.69, 9.17) is 5.73 Å². The fourth-order valence-corrected chi connectivity index (χ4v) is 4.37. The van der Waals surface area contributed by atoms with Gasteiger partial charge in [0, 0.05) is 25.5 Å². The lowest BCUT2D eigenvalue weighted by molar-refractivity contribution is -0.132. The Morgan fingerprint density at radius 1 is 0.971 bits per heavy atom. The number of Topliss-reactive ketones (excluding diaryl/α,β-unsaturated/α-hetero) is 2. The lowest BCUT2D eigenvalue weighted by Gasteiger charge is -2.21. The minimum absolute atomic E-state index is 0.0557. The Balaban J connectivity index is 1.92. The molecule has 0 aliphatic carbocycles. The van der Waals surface area contributed by atoms with Crippen LogP contribution in [-0.2, 0) is 25.6 Å². The van der Waals surface area contributed by atoms with E-state index in [1.54, 1.807) is 6.92 Å². The van der Waals surface area contributed by atoms with Gasteiger partial charge in [-0.15, -0.1) is 0 Å². The third-order valence-corrected chi connectivity index (χ3v) is 6.56. The Morgan fingerprint density at radius 2 is 1.69 bits per heavy atom. The van der Waals surface area contributed by atoms with Crippen molar-refractivity contribution >= 4 is 46.8 Å². The van der Waals surface area contributed by atoms with Gasteiger partial charge in [0.15, 0.2) is 11.6 Å². The summed E-state index contributed by atoms with van der Waals surface area (Å²) in [5.41, 5.74) is 6.61. The van der Waals surface area contributed by atoms with Gasteiger partial charge < -0.3 is 16.4 Å². The van der Waals surface area contributed by atoms with Crippen molar-refractivity contribution in [3.8, 4) is 0 Å². The third kappa shape index (κ3) is 9.11. The maximum absolute atomic E-state index is 12.8. The molecule has 2 rings (SSSR count). The van der Waals surface area contributed by atoms with Crippen LogP contribution in [0.15, 0.2) is 42.5 Å². The largest absolute Gasteiger partial charge is 0.347 e. The van der Waals surface area contributed by atoms with Gasteiger partial charge in [0.05, 0.1) is 18.0 Å². The van der Waals surface area contributed by atoms with Gasteiger partial charge in [0.25, 0.3) is 0 Å². The number of nitrogens with two attached hydrogens (primary N) is 1. The quantitative estimate of drug-likeness (QED) is 0.222. The minimum Gasteiger partial charge on any atom is -0.347 e. The molecule has 3 atom stereocenters. The Morgan fingerprint density at radius 3 is 2.37 bits per heavy atom. The molecule has 0 aromatic heterocycles. The van der Waals surface area contributed by atoms with Crippen molar-refractivity contribution in [3.05, 3.63) is 48.0 Å². The first-order valence-corrected chi connectivity index (χ1v) is 12.8. The fourth-order valence-electron chi connectivity index (χ4n) is 4.07. The number of unbranched alkanes of at least 4 members (excludes halogenated alkanes) is 1. The van der Waals surface area contributed by atoms with E-state index in [0.717, 1.165) is 22.8 Å². The van der Waals surface area contributed by atoms with E-state index in [1.165, 1.54) is 6.92 Å². The molecule has 0 saturated carbocycles. The van der Waals surface area contributed by atoms with E-state index < -0.39 is 18.0 Å². The molecule has 4 N–H and O–H groups in total. The highest BCUT2D eigenvalue weighted by atomic mass is 32.1. The van der Waals surface area contributed by atoms with Crippen LogP contribution in [-0.4, -0.2) is 47.8 Å². The third-order valence-electron chi connectivity index (χ3n) is 6.11. The summed E-state index contributed by atoms with van der Waals surface area (Å²) >= 11 is 4.25. The number of amides is 2. The SMILES string of the molecule is CC(=O)N[C@@H](CCCCN)C(=O)CC(CS)C(=O)N[C@@H](C)C(=O)CCc1cccc2ccccc12. The normalized spacial score (nSPS) is 13.6. The predicted octanol–water partition coefficient (Wildman–Crippen LogP) is 2.99. The summed E-state index contributed by atoms with van der Waals surface area (Å²) in [7, 11) is 0. The van der Waals surface area contributed by atoms with Crippen molar-refractivity contribution in [1.82, 2.24) is 10.6 Å². The molecule has 8 heteroatoms. The molecule has 0 saturated heterocycles. The fraction of sp³-hybridized carbons (Fsp3) is 0.481. The molecule has 0 radical (unpaired) electrons. The van der Waals surface area contributed by atoms with Crippen LogP contribution in [0.5, 0.6) is 0 Å². The first kappa shape index (κ1) is 28.5. The molecular weight excluding hydrogens is 462 g/mol. The molecule has 0 fully saturated rings. The van der Waals surface area contributed by atoms with Gasteiger partial charge in [-0.1, -0.05) is 42.5 Å². The molecule has 1 unspecified atom stereocenters. The van der Waals surface area contributed by atoms with E-state index in [1.807, 2.05) is 42.5 Å². The van der Waals surface area contributed by atoms with Crippen LogP contribution in [0.3, 0.4) is 0 Å². The Labute approximate surface area is 213 Å². The second-order valence-corrected chi connectivity index (χ2v) is 9.29. The van der Waals surface area contributed by atoms with Crippen LogP contribution >= 0.6 is 12.6 Å². The molecule has 35 heavy (non-hydrogen) atoms. The van der Waals surface area contributed by atoms with Gasteiger partial charge in [-0.2, -0.15) is 12.6 Å². The number of hydrogen-bond acceptors (Lipinski definition) is 6. The van der Waals surface area contributed by atoms with Gasteiger partial charge in [0.2, 0.25) is 11.8 Å². The van der Waals surface area contributed by atoms with Gasteiger partial charge in [-0.25, -0.2) is 0 Å². The molecular formula is C27H37N3O4S. The second-order valence-electron chi connectivity index (χ2n) is 8.92. The number of carbonyl (C=O) groups is 4. The molecule has 0 bridgehead atoms. The number of fused-ring (bicyclic) bond motifs is 1. The summed E-state index contributed by atoms with van der Waals surface area (Å²) in [5, 5.41) is 7.66. The van der Waals surface area contributed by atoms with Crippen molar-refractivity contribution in [3.63, 3.8) is 0 Å². The predicted molar refractivity (Wildman–Crippen MR) is 142 cm³/mol. The van der Waals surface area contributed by atoms with Crippen LogP contribution in [0.1, 0.15) is 51.5 Å². The van der Waals surface area contributed by atoms with Gasteiger partial charge in [0.1, 0.15) is 0 Å². The highest BCUT2D eigenvalue weighted by molar-refractivity contribution is 7.80. The summed E-state index contributed by atoms with van der Waals surface area (Å²) in [4.78, 5) is 49.9. The standard InChI is InChI=1S/C27H37N3O4S/c1-18(25(32)14-13-21-10-7-9-20-8-3-4-11-23(20)21)29-27(34)22(17-35)16-26(33)24(30-19(2)31)12-5-6-15-28/h3-4,7-11,18,22,24,35H,5-6,12-17,28H2,1-2H3,(H,29,34)(H,30,31)/t18-,22?,24-/m0/s1. The number of thiol groups is 1. The molecule has 2 amide bonds. The summed E-state index contributed by atoms with van der Waals surface area (Å²) in [6.07, 6.45) is 2.74. The zero-order chi connectivity index (χ0) is 25.8. The molecule has 7 nitrogen and oxygen atoms in total.